The first-order chi connectivity index (χ1) is 13.2. The van der Waals surface area contributed by atoms with E-state index in [1.54, 1.807) is 23.4 Å². The van der Waals surface area contributed by atoms with E-state index < -0.39 is 6.17 Å². The Bertz CT molecular complexity index is 708. The van der Waals surface area contributed by atoms with Gasteiger partial charge in [0.15, 0.2) is 5.76 Å². The van der Waals surface area contributed by atoms with Crippen LogP contribution in [-0.2, 0) is 0 Å². The van der Waals surface area contributed by atoms with Crippen molar-refractivity contribution in [3.8, 4) is 0 Å². The van der Waals surface area contributed by atoms with Crippen LogP contribution >= 0.6 is 0 Å². The summed E-state index contributed by atoms with van der Waals surface area (Å²) < 4.78 is 19.2. The van der Waals surface area contributed by atoms with Crippen LogP contribution in [0.1, 0.15) is 74.8 Å². The maximum atomic E-state index is 13.8. The van der Waals surface area contributed by atoms with Gasteiger partial charge in [-0.05, 0) is 75.3 Å². The minimum absolute atomic E-state index is 0.0907. The zero-order chi connectivity index (χ0) is 18.4. The number of amides is 1. The fourth-order valence-electron chi connectivity index (χ4n) is 6.26. The Hall–Kier alpha value is -1.65. The Morgan fingerprint density at radius 3 is 2.56 bits per heavy atom. The summed E-state index contributed by atoms with van der Waals surface area (Å²) >= 11 is 0. The molecule has 1 aromatic rings. The Kier molecular flexibility index (Phi) is 4.57. The summed E-state index contributed by atoms with van der Waals surface area (Å²) in [6.45, 7) is 0. The Morgan fingerprint density at radius 1 is 1.00 bits per heavy atom. The third-order valence-electron chi connectivity index (χ3n) is 7.56. The third-order valence-corrected chi connectivity index (χ3v) is 7.56. The number of alkyl halides is 1. The quantitative estimate of drug-likeness (QED) is 0.716. The van der Waals surface area contributed by atoms with Crippen molar-refractivity contribution in [1.29, 1.82) is 0 Å². The molecular weight excluding hydrogens is 343 g/mol. The summed E-state index contributed by atoms with van der Waals surface area (Å²) in [5.41, 5.74) is 1.28. The maximum absolute atomic E-state index is 13.8. The Labute approximate surface area is 160 Å². The van der Waals surface area contributed by atoms with E-state index in [2.05, 4.69) is 0 Å². The maximum Gasteiger partial charge on any atom is 0.309 e. The number of nitrogens with zero attached hydrogens (tertiary/aromatic N) is 2. The van der Waals surface area contributed by atoms with Crippen LogP contribution in [0, 0.1) is 23.7 Å². The van der Waals surface area contributed by atoms with Crippen LogP contribution in [0.2, 0.25) is 0 Å². The number of carbonyl (C=O) groups excluding carboxylic acids is 1. The highest BCUT2D eigenvalue weighted by molar-refractivity contribution is 5.98. The lowest BCUT2D eigenvalue weighted by Gasteiger charge is -2.42. The molecule has 0 aromatic carbocycles. The minimum atomic E-state index is -0.675. The van der Waals surface area contributed by atoms with Gasteiger partial charge in [-0.15, -0.1) is 0 Å². The van der Waals surface area contributed by atoms with Crippen LogP contribution in [-0.4, -0.2) is 28.8 Å². The van der Waals surface area contributed by atoms with Crippen LogP contribution in [0.5, 0.6) is 0 Å². The lowest BCUT2D eigenvalue weighted by molar-refractivity contribution is 0.0485. The van der Waals surface area contributed by atoms with Crippen LogP contribution < -0.4 is 0 Å². The molecule has 0 radical (unpaired) electrons. The lowest BCUT2D eigenvalue weighted by Crippen LogP contribution is -2.46. The van der Waals surface area contributed by atoms with Gasteiger partial charge < -0.3 is 4.42 Å². The molecule has 4 aliphatic rings. The Morgan fingerprint density at radius 2 is 1.78 bits per heavy atom. The topological polar surface area (TPSA) is 45.8 Å². The van der Waals surface area contributed by atoms with Crippen molar-refractivity contribution in [2.45, 2.75) is 76.4 Å². The van der Waals surface area contributed by atoms with E-state index in [4.69, 9.17) is 9.52 Å². The molecule has 0 bridgehead atoms. The van der Waals surface area contributed by atoms with E-state index in [0.717, 1.165) is 25.2 Å². The van der Waals surface area contributed by atoms with E-state index in [1.165, 1.54) is 37.8 Å². The van der Waals surface area contributed by atoms with E-state index in [-0.39, 0.29) is 11.9 Å². The van der Waals surface area contributed by atoms with E-state index >= 15 is 0 Å². The molecule has 0 spiro atoms. The molecule has 3 aliphatic carbocycles. The van der Waals surface area contributed by atoms with Crippen molar-refractivity contribution < 1.29 is 13.6 Å². The molecular formula is C22H29FN2O2. The molecule has 27 heavy (non-hydrogen) atoms. The predicted molar refractivity (Wildman–Crippen MR) is 101 cm³/mol. The molecule has 3 fully saturated rings. The van der Waals surface area contributed by atoms with Crippen LogP contribution in [0.25, 0.3) is 0 Å². The summed E-state index contributed by atoms with van der Waals surface area (Å²) in [6, 6.07) is 3.57. The summed E-state index contributed by atoms with van der Waals surface area (Å²) in [7, 11) is 0. The SMILES string of the molecule is O=C(c1ccco1)N1N=C2C3CCCCC3CCC2C1C1CCC(F)CC1. The molecule has 1 aliphatic heterocycles. The van der Waals surface area contributed by atoms with Gasteiger partial charge in [0, 0.05) is 17.5 Å². The largest absolute Gasteiger partial charge is 0.459 e. The highest BCUT2D eigenvalue weighted by atomic mass is 19.1. The molecule has 2 heterocycles. The van der Waals surface area contributed by atoms with Crippen molar-refractivity contribution in [1.82, 2.24) is 5.01 Å². The van der Waals surface area contributed by atoms with Crippen LogP contribution in [0.15, 0.2) is 27.9 Å². The number of fused-ring (bicyclic) bond motifs is 3. The number of halogens is 1. The molecule has 4 nitrogen and oxygen atoms in total. The second-order valence-corrected chi connectivity index (χ2v) is 8.99. The average molecular weight is 372 g/mol. The van der Waals surface area contributed by atoms with E-state index in [9.17, 15) is 9.18 Å². The number of carbonyl (C=O) groups is 1. The molecule has 1 amide bonds. The second-order valence-electron chi connectivity index (χ2n) is 8.99. The fourth-order valence-corrected chi connectivity index (χ4v) is 6.26. The van der Waals surface area contributed by atoms with Gasteiger partial charge in [0.2, 0.25) is 0 Å². The Balaban J connectivity index is 1.47. The lowest BCUT2D eigenvalue weighted by atomic mass is 9.63. The molecule has 4 atom stereocenters. The zero-order valence-electron chi connectivity index (χ0n) is 15.9. The average Bonchev–Trinajstić information content (AvgIpc) is 3.36. The number of hydrogen-bond acceptors (Lipinski definition) is 3. The molecule has 0 N–H and O–H groups in total. The normalized spacial score (nSPS) is 38.9. The third kappa shape index (κ3) is 3.03. The first kappa shape index (κ1) is 17.4. The van der Waals surface area contributed by atoms with Crippen molar-refractivity contribution in [2.75, 3.05) is 0 Å². The van der Waals surface area contributed by atoms with Crippen molar-refractivity contribution >= 4 is 11.6 Å². The second kappa shape index (κ2) is 7.06. The molecule has 5 rings (SSSR count). The van der Waals surface area contributed by atoms with Gasteiger partial charge >= 0.3 is 5.91 Å². The van der Waals surface area contributed by atoms with Crippen molar-refractivity contribution in [3.05, 3.63) is 24.2 Å². The molecule has 5 heteroatoms. The number of furan rings is 1. The summed E-state index contributed by atoms with van der Waals surface area (Å²) in [5.74, 6) is 2.25. The smallest absolute Gasteiger partial charge is 0.309 e. The number of hydrazone groups is 1. The van der Waals surface area contributed by atoms with E-state index in [1.807, 2.05) is 0 Å². The molecule has 4 unspecified atom stereocenters. The standard InChI is InChI=1S/C22H29FN2O2/c23-16-10-7-15(8-11-16)21-18-12-9-14-4-1-2-5-17(14)20(18)24-25(21)22(26)19-6-3-13-27-19/h3,6,13-18,21H,1-2,4-5,7-12H2. The van der Waals surface area contributed by atoms with Gasteiger partial charge in [0.1, 0.15) is 6.17 Å². The van der Waals surface area contributed by atoms with Gasteiger partial charge in [-0.1, -0.05) is 12.8 Å². The minimum Gasteiger partial charge on any atom is -0.459 e. The number of rotatable bonds is 2. The molecule has 146 valence electrons. The monoisotopic (exact) mass is 372 g/mol. The van der Waals surface area contributed by atoms with Gasteiger partial charge in [-0.2, -0.15) is 5.10 Å². The van der Waals surface area contributed by atoms with Gasteiger partial charge in [-0.3, -0.25) is 4.79 Å². The number of hydrogen-bond donors (Lipinski definition) is 0. The zero-order valence-corrected chi connectivity index (χ0v) is 15.9. The van der Waals surface area contributed by atoms with Gasteiger partial charge in [0.05, 0.1) is 12.3 Å². The predicted octanol–water partition coefficient (Wildman–Crippen LogP) is 5.20. The first-order valence-electron chi connectivity index (χ1n) is 10.8. The molecule has 1 aromatic heterocycles. The van der Waals surface area contributed by atoms with Gasteiger partial charge in [0.25, 0.3) is 0 Å². The first-order valence-corrected chi connectivity index (χ1v) is 10.8. The van der Waals surface area contributed by atoms with Crippen LogP contribution in [0.3, 0.4) is 0 Å². The van der Waals surface area contributed by atoms with Crippen molar-refractivity contribution in [2.24, 2.45) is 28.8 Å². The highest BCUT2D eigenvalue weighted by Crippen LogP contribution is 2.48. The summed E-state index contributed by atoms with van der Waals surface area (Å²) in [6.07, 6.45) is 11.4. The molecule has 3 saturated carbocycles. The summed E-state index contributed by atoms with van der Waals surface area (Å²) in [5, 5.41) is 6.72. The highest BCUT2D eigenvalue weighted by Gasteiger charge is 2.51. The van der Waals surface area contributed by atoms with E-state index in [0.29, 0.717) is 36.4 Å². The van der Waals surface area contributed by atoms with Gasteiger partial charge in [-0.25, -0.2) is 9.40 Å². The van der Waals surface area contributed by atoms with Crippen LogP contribution in [0.4, 0.5) is 4.39 Å². The molecule has 0 saturated heterocycles. The van der Waals surface area contributed by atoms with Crippen molar-refractivity contribution in [3.63, 3.8) is 0 Å². The summed E-state index contributed by atoms with van der Waals surface area (Å²) in [4.78, 5) is 13.2. The fraction of sp³-hybridized carbons (Fsp3) is 0.727.